The number of rotatable bonds is 6. The lowest BCUT2D eigenvalue weighted by molar-refractivity contribution is 0.430. The van der Waals surface area contributed by atoms with Gasteiger partial charge in [-0.15, -0.1) is 11.8 Å². The molecule has 1 aromatic rings. The molecule has 0 aliphatic heterocycles. The average Bonchev–Trinajstić information content (AvgIpc) is 3.09. The average molecular weight is 235 g/mol. The summed E-state index contributed by atoms with van der Waals surface area (Å²) in [7, 11) is 0. The van der Waals surface area contributed by atoms with E-state index < -0.39 is 0 Å². The number of nitrogens with one attached hydrogen (secondary N) is 1. The Bertz CT molecular complexity index is 306. The van der Waals surface area contributed by atoms with E-state index in [1.165, 1.54) is 23.5 Å². The summed E-state index contributed by atoms with van der Waals surface area (Å²) in [4.78, 5) is 1.38. The van der Waals surface area contributed by atoms with Crippen molar-refractivity contribution in [3.05, 3.63) is 30.3 Å². The first-order chi connectivity index (χ1) is 7.75. The molecule has 1 aromatic carbocycles. The van der Waals surface area contributed by atoms with Crippen LogP contribution in [-0.2, 0) is 0 Å². The lowest BCUT2D eigenvalue weighted by Gasteiger charge is -2.22. The molecule has 1 unspecified atom stereocenters. The van der Waals surface area contributed by atoms with Crippen LogP contribution < -0.4 is 5.32 Å². The second-order valence-electron chi connectivity index (χ2n) is 4.92. The fourth-order valence-electron chi connectivity index (χ4n) is 1.69. The van der Waals surface area contributed by atoms with Crippen molar-refractivity contribution >= 4 is 11.8 Å². The van der Waals surface area contributed by atoms with Crippen molar-refractivity contribution in [1.29, 1.82) is 0 Å². The van der Waals surface area contributed by atoms with Crippen LogP contribution in [0.4, 0.5) is 0 Å². The van der Waals surface area contributed by atoms with Crippen LogP contribution in [0.1, 0.15) is 26.7 Å². The van der Waals surface area contributed by atoms with Gasteiger partial charge in [-0.1, -0.05) is 32.0 Å². The zero-order valence-corrected chi connectivity index (χ0v) is 11.0. The highest BCUT2D eigenvalue weighted by molar-refractivity contribution is 7.99. The van der Waals surface area contributed by atoms with E-state index in [0.717, 1.165) is 12.0 Å². The number of hydrogen-bond acceptors (Lipinski definition) is 2. The summed E-state index contributed by atoms with van der Waals surface area (Å²) >= 11 is 1.96. The smallest absolute Gasteiger partial charge is 0.0187 e. The van der Waals surface area contributed by atoms with Gasteiger partial charge in [0, 0.05) is 22.7 Å². The van der Waals surface area contributed by atoms with Gasteiger partial charge < -0.3 is 5.32 Å². The predicted molar refractivity (Wildman–Crippen MR) is 71.9 cm³/mol. The maximum absolute atomic E-state index is 3.74. The van der Waals surface area contributed by atoms with Crippen molar-refractivity contribution in [2.45, 2.75) is 43.7 Å². The van der Waals surface area contributed by atoms with Gasteiger partial charge in [0.05, 0.1) is 0 Å². The molecule has 1 N–H and O–H groups in total. The molecule has 1 nitrogen and oxygen atoms in total. The third kappa shape index (κ3) is 3.84. The van der Waals surface area contributed by atoms with Gasteiger partial charge in [-0.25, -0.2) is 0 Å². The van der Waals surface area contributed by atoms with E-state index in [-0.39, 0.29) is 0 Å². The van der Waals surface area contributed by atoms with Crippen molar-refractivity contribution in [3.8, 4) is 0 Å². The van der Waals surface area contributed by atoms with E-state index >= 15 is 0 Å². The number of thioether (sulfide) groups is 1. The van der Waals surface area contributed by atoms with Crippen LogP contribution in [0.25, 0.3) is 0 Å². The number of hydrogen-bond donors (Lipinski definition) is 1. The first-order valence-corrected chi connectivity index (χ1v) is 7.18. The van der Waals surface area contributed by atoms with Gasteiger partial charge >= 0.3 is 0 Å². The monoisotopic (exact) mass is 235 g/mol. The summed E-state index contributed by atoms with van der Waals surface area (Å²) in [6.45, 7) is 4.62. The summed E-state index contributed by atoms with van der Waals surface area (Å²) in [6.07, 6.45) is 2.75. The van der Waals surface area contributed by atoms with Crippen molar-refractivity contribution in [2.75, 3.05) is 5.75 Å². The lowest BCUT2D eigenvalue weighted by atomic mass is 10.1. The largest absolute Gasteiger partial charge is 0.310 e. The zero-order valence-electron chi connectivity index (χ0n) is 10.1. The highest BCUT2D eigenvalue weighted by atomic mass is 32.2. The molecule has 2 rings (SSSR count). The lowest BCUT2D eigenvalue weighted by Crippen LogP contribution is -2.37. The SMILES string of the molecule is CC(C)C(CSc1ccccc1)NC1CC1. The Morgan fingerprint density at radius 3 is 2.50 bits per heavy atom. The first kappa shape index (κ1) is 12.0. The van der Waals surface area contributed by atoms with Crippen LogP contribution in [0.3, 0.4) is 0 Å². The molecule has 1 saturated carbocycles. The summed E-state index contributed by atoms with van der Waals surface area (Å²) in [5.41, 5.74) is 0. The van der Waals surface area contributed by atoms with Crippen molar-refractivity contribution < 1.29 is 0 Å². The maximum atomic E-state index is 3.74. The summed E-state index contributed by atoms with van der Waals surface area (Å²) in [6, 6.07) is 12.1. The predicted octanol–water partition coefficient (Wildman–Crippen LogP) is 3.56. The Kier molecular flexibility index (Phi) is 4.30. The Labute approximate surface area is 103 Å². The Morgan fingerprint density at radius 2 is 1.94 bits per heavy atom. The molecule has 1 fully saturated rings. The summed E-state index contributed by atoms with van der Waals surface area (Å²) in [5, 5.41) is 3.74. The molecule has 0 aromatic heterocycles. The second-order valence-corrected chi connectivity index (χ2v) is 6.01. The van der Waals surface area contributed by atoms with Crippen LogP contribution in [0.15, 0.2) is 35.2 Å². The maximum Gasteiger partial charge on any atom is 0.0187 e. The van der Waals surface area contributed by atoms with E-state index in [0.29, 0.717) is 6.04 Å². The van der Waals surface area contributed by atoms with Crippen molar-refractivity contribution in [3.63, 3.8) is 0 Å². The third-order valence-electron chi connectivity index (χ3n) is 3.00. The molecule has 88 valence electrons. The molecule has 1 aliphatic rings. The van der Waals surface area contributed by atoms with Crippen LogP contribution in [0.2, 0.25) is 0 Å². The minimum atomic E-state index is 0.651. The molecule has 0 bridgehead atoms. The molecular weight excluding hydrogens is 214 g/mol. The third-order valence-corrected chi connectivity index (χ3v) is 4.14. The standard InChI is InChI=1S/C14H21NS/c1-11(2)14(15-12-8-9-12)10-16-13-6-4-3-5-7-13/h3-7,11-12,14-15H,8-10H2,1-2H3. The fourth-order valence-corrected chi connectivity index (χ4v) is 2.89. The van der Waals surface area contributed by atoms with Crippen LogP contribution in [0.5, 0.6) is 0 Å². The summed E-state index contributed by atoms with van der Waals surface area (Å²) in [5.74, 6) is 1.90. The van der Waals surface area contributed by atoms with E-state index in [1.54, 1.807) is 0 Å². The van der Waals surface area contributed by atoms with Gasteiger partial charge in [-0.2, -0.15) is 0 Å². The van der Waals surface area contributed by atoms with E-state index in [4.69, 9.17) is 0 Å². The summed E-state index contributed by atoms with van der Waals surface area (Å²) < 4.78 is 0. The minimum Gasteiger partial charge on any atom is -0.310 e. The molecule has 1 atom stereocenters. The van der Waals surface area contributed by atoms with Crippen molar-refractivity contribution in [2.24, 2.45) is 5.92 Å². The highest BCUT2D eigenvalue weighted by Crippen LogP contribution is 2.24. The normalized spacial score (nSPS) is 17.7. The minimum absolute atomic E-state index is 0.651. The Balaban J connectivity index is 1.81. The van der Waals surface area contributed by atoms with Crippen LogP contribution in [-0.4, -0.2) is 17.8 Å². The molecule has 16 heavy (non-hydrogen) atoms. The topological polar surface area (TPSA) is 12.0 Å². The molecule has 2 heteroatoms. The Hall–Kier alpha value is -0.470. The molecule has 1 aliphatic carbocycles. The molecule has 0 spiro atoms. The Morgan fingerprint density at radius 1 is 1.25 bits per heavy atom. The van der Waals surface area contributed by atoms with Gasteiger partial charge in [-0.3, -0.25) is 0 Å². The molecule has 0 heterocycles. The molecule has 0 radical (unpaired) electrons. The fraction of sp³-hybridized carbons (Fsp3) is 0.571. The molecular formula is C14H21NS. The van der Waals surface area contributed by atoms with E-state index in [1.807, 2.05) is 11.8 Å². The highest BCUT2D eigenvalue weighted by Gasteiger charge is 2.25. The van der Waals surface area contributed by atoms with E-state index in [9.17, 15) is 0 Å². The molecule has 0 saturated heterocycles. The van der Waals surface area contributed by atoms with Gasteiger partial charge in [0.25, 0.3) is 0 Å². The first-order valence-electron chi connectivity index (χ1n) is 6.19. The van der Waals surface area contributed by atoms with Crippen molar-refractivity contribution in [1.82, 2.24) is 5.32 Å². The van der Waals surface area contributed by atoms with Crippen LogP contribution >= 0.6 is 11.8 Å². The van der Waals surface area contributed by atoms with Crippen LogP contribution in [0, 0.1) is 5.92 Å². The van der Waals surface area contributed by atoms with Gasteiger partial charge in [0.15, 0.2) is 0 Å². The van der Waals surface area contributed by atoms with E-state index in [2.05, 4.69) is 49.5 Å². The van der Waals surface area contributed by atoms with Gasteiger partial charge in [0.1, 0.15) is 0 Å². The number of benzene rings is 1. The quantitative estimate of drug-likeness (QED) is 0.757. The second kappa shape index (κ2) is 5.74. The van der Waals surface area contributed by atoms with Gasteiger partial charge in [-0.05, 0) is 30.9 Å². The van der Waals surface area contributed by atoms with Gasteiger partial charge in [0.2, 0.25) is 0 Å². The molecule has 0 amide bonds. The zero-order chi connectivity index (χ0) is 11.4.